The predicted octanol–water partition coefficient (Wildman–Crippen LogP) is 0.351. The van der Waals surface area contributed by atoms with Crippen molar-refractivity contribution in [2.45, 2.75) is 39.2 Å². The Bertz CT molecular complexity index is 783. The van der Waals surface area contributed by atoms with E-state index in [1.807, 2.05) is 19.9 Å². The maximum atomic E-state index is 12.4. The van der Waals surface area contributed by atoms with Gasteiger partial charge in [-0.15, -0.1) is 14.8 Å². The van der Waals surface area contributed by atoms with Gasteiger partial charge in [0, 0.05) is 19.0 Å². The van der Waals surface area contributed by atoms with Gasteiger partial charge in [0.2, 0.25) is 5.91 Å². The number of aromatic nitrogens is 5. The summed E-state index contributed by atoms with van der Waals surface area (Å²) in [5, 5.41) is 27.5. The number of anilines is 1. The average molecular weight is 361 g/mol. The molecule has 1 unspecified atom stereocenters. The zero-order chi connectivity index (χ0) is 18.7. The fourth-order valence-electron chi connectivity index (χ4n) is 3.16. The number of nitrogens with zero attached hydrogens (tertiary/aromatic N) is 6. The molecule has 3 rings (SSSR count). The zero-order valence-electron chi connectivity index (χ0n) is 14.9. The number of amides is 1. The van der Waals surface area contributed by atoms with Gasteiger partial charge in [-0.3, -0.25) is 4.79 Å². The highest BCUT2D eigenvalue weighted by Gasteiger charge is 2.29. The standard InChI is InChI=1S/C16H23N7O3/c1-10(2)9-12(16(25)26)17-15(24)11-5-7-22(8-6-11)14-4-3-13-18-20-21-23(13)19-14/h3-4,10-12H,5-9H2,1-2H3,(H,17,24)(H,25,26). The third kappa shape index (κ3) is 4.06. The van der Waals surface area contributed by atoms with Crippen LogP contribution < -0.4 is 10.2 Å². The maximum Gasteiger partial charge on any atom is 0.326 e. The molecule has 1 saturated heterocycles. The van der Waals surface area contributed by atoms with Crippen LogP contribution in [0.3, 0.4) is 0 Å². The summed E-state index contributed by atoms with van der Waals surface area (Å²) in [6.07, 6.45) is 1.72. The molecule has 1 atom stereocenters. The first-order valence-electron chi connectivity index (χ1n) is 8.77. The van der Waals surface area contributed by atoms with Crippen LogP contribution in [0.2, 0.25) is 0 Å². The lowest BCUT2D eigenvalue weighted by atomic mass is 9.94. The van der Waals surface area contributed by atoms with Gasteiger partial charge in [0.05, 0.1) is 0 Å². The normalized spacial score (nSPS) is 16.8. The second-order valence-electron chi connectivity index (χ2n) is 7.01. The second kappa shape index (κ2) is 7.63. The van der Waals surface area contributed by atoms with Gasteiger partial charge in [-0.05, 0) is 47.7 Å². The Morgan fingerprint density at radius 1 is 1.31 bits per heavy atom. The van der Waals surface area contributed by atoms with Gasteiger partial charge in [0.15, 0.2) is 11.5 Å². The number of nitrogens with one attached hydrogen (secondary N) is 1. The Hall–Kier alpha value is -2.78. The molecule has 3 heterocycles. The maximum absolute atomic E-state index is 12.4. The highest BCUT2D eigenvalue weighted by Crippen LogP contribution is 2.22. The molecule has 2 aromatic heterocycles. The van der Waals surface area contributed by atoms with Crippen molar-refractivity contribution in [2.75, 3.05) is 18.0 Å². The summed E-state index contributed by atoms with van der Waals surface area (Å²) < 4.78 is 1.37. The number of carbonyl (C=O) groups is 2. The Labute approximate surface area is 150 Å². The summed E-state index contributed by atoms with van der Waals surface area (Å²) in [4.78, 5) is 25.8. The molecule has 26 heavy (non-hydrogen) atoms. The van der Waals surface area contributed by atoms with Gasteiger partial charge in [0.25, 0.3) is 0 Å². The molecule has 0 aliphatic carbocycles. The topological polar surface area (TPSA) is 126 Å². The summed E-state index contributed by atoms with van der Waals surface area (Å²) in [5.41, 5.74) is 0.577. The minimum Gasteiger partial charge on any atom is -0.480 e. The molecular formula is C16H23N7O3. The number of piperidine rings is 1. The number of carboxylic acid groups (broad SMARTS) is 1. The molecule has 0 saturated carbocycles. The number of hydrogen-bond donors (Lipinski definition) is 2. The summed E-state index contributed by atoms with van der Waals surface area (Å²) in [6, 6.07) is 2.82. The molecule has 0 spiro atoms. The van der Waals surface area contributed by atoms with Crippen molar-refractivity contribution in [1.29, 1.82) is 0 Å². The molecule has 1 amide bonds. The summed E-state index contributed by atoms with van der Waals surface area (Å²) in [6.45, 7) is 5.21. The van der Waals surface area contributed by atoms with Crippen LogP contribution in [0.5, 0.6) is 0 Å². The van der Waals surface area contributed by atoms with E-state index in [4.69, 9.17) is 0 Å². The van der Waals surface area contributed by atoms with E-state index in [-0.39, 0.29) is 17.7 Å². The van der Waals surface area contributed by atoms with E-state index in [9.17, 15) is 14.7 Å². The van der Waals surface area contributed by atoms with Gasteiger partial charge < -0.3 is 15.3 Å². The minimum atomic E-state index is -0.983. The molecule has 2 aromatic rings. The van der Waals surface area contributed by atoms with Crippen molar-refractivity contribution in [2.24, 2.45) is 11.8 Å². The van der Waals surface area contributed by atoms with Crippen LogP contribution in [0.4, 0.5) is 5.82 Å². The highest BCUT2D eigenvalue weighted by molar-refractivity contribution is 5.85. The third-order valence-corrected chi connectivity index (χ3v) is 4.57. The number of aliphatic carboxylic acids is 1. The molecule has 140 valence electrons. The molecule has 10 heteroatoms. The molecule has 0 bridgehead atoms. The Morgan fingerprint density at radius 2 is 2.04 bits per heavy atom. The first kappa shape index (κ1) is 18.0. The van der Waals surface area contributed by atoms with Gasteiger partial charge >= 0.3 is 5.97 Å². The molecule has 1 fully saturated rings. The first-order chi connectivity index (χ1) is 12.4. The summed E-state index contributed by atoms with van der Waals surface area (Å²) >= 11 is 0. The molecule has 1 aliphatic rings. The van der Waals surface area contributed by atoms with E-state index in [2.05, 4.69) is 30.8 Å². The largest absolute Gasteiger partial charge is 0.480 e. The number of fused-ring (bicyclic) bond motifs is 1. The van der Waals surface area contributed by atoms with Crippen molar-refractivity contribution in [3.63, 3.8) is 0 Å². The van der Waals surface area contributed by atoms with E-state index >= 15 is 0 Å². The smallest absolute Gasteiger partial charge is 0.326 e. The van der Waals surface area contributed by atoms with Crippen LogP contribution in [0.25, 0.3) is 5.65 Å². The van der Waals surface area contributed by atoms with Gasteiger partial charge in [-0.2, -0.15) is 0 Å². The lowest BCUT2D eigenvalue weighted by Gasteiger charge is -2.32. The molecule has 2 N–H and O–H groups in total. The monoisotopic (exact) mass is 361 g/mol. The first-order valence-corrected chi connectivity index (χ1v) is 8.77. The van der Waals surface area contributed by atoms with Crippen molar-refractivity contribution >= 4 is 23.3 Å². The van der Waals surface area contributed by atoms with Crippen LogP contribution in [0.15, 0.2) is 12.1 Å². The van der Waals surface area contributed by atoms with Gasteiger partial charge in [-0.25, -0.2) is 4.79 Å². The zero-order valence-corrected chi connectivity index (χ0v) is 14.9. The van der Waals surface area contributed by atoms with E-state index in [1.165, 1.54) is 4.63 Å². The lowest BCUT2D eigenvalue weighted by molar-refractivity contribution is -0.143. The Balaban J connectivity index is 1.57. The predicted molar refractivity (Wildman–Crippen MR) is 92.5 cm³/mol. The molecule has 0 aromatic carbocycles. The number of rotatable bonds is 6. The average Bonchev–Trinajstić information content (AvgIpc) is 3.08. The molecule has 1 aliphatic heterocycles. The molecular weight excluding hydrogens is 338 g/mol. The van der Waals surface area contributed by atoms with Crippen LogP contribution in [0.1, 0.15) is 33.1 Å². The van der Waals surface area contributed by atoms with E-state index in [1.54, 1.807) is 6.07 Å². The minimum absolute atomic E-state index is 0.179. The SMILES string of the molecule is CC(C)CC(NC(=O)C1CCN(c2ccc3nnnn3n2)CC1)C(=O)O. The highest BCUT2D eigenvalue weighted by atomic mass is 16.4. The molecule has 10 nitrogen and oxygen atoms in total. The summed E-state index contributed by atoms with van der Waals surface area (Å²) in [7, 11) is 0. The van der Waals surface area contributed by atoms with Crippen molar-refractivity contribution < 1.29 is 14.7 Å². The lowest BCUT2D eigenvalue weighted by Crippen LogP contribution is -2.47. The van der Waals surface area contributed by atoms with Gasteiger partial charge in [0.1, 0.15) is 6.04 Å². The van der Waals surface area contributed by atoms with Crippen molar-refractivity contribution in [3.8, 4) is 0 Å². The molecule has 0 radical (unpaired) electrons. The fraction of sp³-hybridized carbons (Fsp3) is 0.625. The van der Waals surface area contributed by atoms with E-state index in [0.29, 0.717) is 38.0 Å². The van der Waals surface area contributed by atoms with E-state index < -0.39 is 12.0 Å². The Morgan fingerprint density at radius 3 is 2.69 bits per heavy atom. The van der Waals surface area contributed by atoms with Crippen LogP contribution in [-0.4, -0.2) is 61.4 Å². The fourth-order valence-corrected chi connectivity index (χ4v) is 3.16. The number of tetrazole rings is 1. The number of hydrogen-bond acceptors (Lipinski definition) is 7. The number of carbonyl (C=O) groups excluding carboxylic acids is 1. The summed E-state index contributed by atoms with van der Waals surface area (Å²) in [5.74, 6) is -0.389. The Kier molecular flexibility index (Phi) is 5.29. The van der Waals surface area contributed by atoms with Crippen LogP contribution in [0, 0.1) is 11.8 Å². The quantitative estimate of drug-likeness (QED) is 0.755. The second-order valence-corrected chi connectivity index (χ2v) is 7.01. The van der Waals surface area contributed by atoms with Crippen molar-refractivity contribution in [3.05, 3.63) is 12.1 Å². The van der Waals surface area contributed by atoms with Crippen LogP contribution in [-0.2, 0) is 9.59 Å². The van der Waals surface area contributed by atoms with E-state index in [0.717, 1.165) is 5.82 Å². The van der Waals surface area contributed by atoms with Crippen molar-refractivity contribution in [1.82, 2.24) is 30.6 Å². The van der Waals surface area contributed by atoms with Crippen LogP contribution >= 0.6 is 0 Å². The number of carboxylic acids is 1. The third-order valence-electron chi connectivity index (χ3n) is 4.57. The van der Waals surface area contributed by atoms with Gasteiger partial charge in [-0.1, -0.05) is 13.8 Å².